The van der Waals surface area contributed by atoms with Crippen LogP contribution < -0.4 is 10.1 Å². The van der Waals surface area contributed by atoms with Crippen molar-refractivity contribution < 1.29 is 29.0 Å². The number of aliphatic hydroxyl groups is 1. The van der Waals surface area contributed by atoms with Crippen molar-refractivity contribution in [1.29, 1.82) is 0 Å². The lowest BCUT2D eigenvalue weighted by Crippen LogP contribution is -2.74. The van der Waals surface area contributed by atoms with Gasteiger partial charge < -0.3 is 24.8 Å². The zero-order chi connectivity index (χ0) is 21.8. The molecule has 8 nitrogen and oxygen atoms in total. The van der Waals surface area contributed by atoms with Gasteiger partial charge in [-0.3, -0.25) is 9.59 Å². The third-order valence-electron chi connectivity index (χ3n) is 5.13. The molecule has 1 heterocycles. The number of nitrogens with one attached hydrogen (secondary N) is 1. The highest BCUT2D eigenvalue weighted by Crippen LogP contribution is 2.35. The first kappa shape index (κ1) is 21.3. The number of rotatable bonds is 7. The molecular formula is C22H24N2O6. The maximum Gasteiger partial charge on any atom is 0.333 e. The third kappa shape index (κ3) is 3.99. The molecule has 0 saturated carbocycles. The number of benzene rings is 2. The van der Waals surface area contributed by atoms with Crippen molar-refractivity contribution in [3.05, 3.63) is 65.7 Å². The van der Waals surface area contributed by atoms with E-state index in [1.165, 1.54) is 26.0 Å². The Bertz CT molecular complexity index is 913. The molecule has 1 saturated heterocycles. The van der Waals surface area contributed by atoms with Crippen molar-refractivity contribution >= 4 is 17.8 Å². The van der Waals surface area contributed by atoms with Crippen LogP contribution in [0.5, 0.6) is 5.75 Å². The molecule has 30 heavy (non-hydrogen) atoms. The molecule has 1 aliphatic rings. The van der Waals surface area contributed by atoms with Crippen LogP contribution in [0.1, 0.15) is 28.9 Å². The molecule has 0 aliphatic carbocycles. The van der Waals surface area contributed by atoms with E-state index in [1.807, 2.05) is 0 Å². The first-order valence-corrected chi connectivity index (χ1v) is 9.47. The zero-order valence-corrected chi connectivity index (χ0v) is 16.9. The molecule has 1 aliphatic heterocycles. The molecule has 2 aromatic carbocycles. The summed E-state index contributed by atoms with van der Waals surface area (Å²) in [7, 11) is 2.75. The van der Waals surface area contributed by atoms with Crippen LogP contribution in [0.25, 0.3) is 0 Å². The molecule has 2 N–H and O–H groups in total. The van der Waals surface area contributed by atoms with Crippen LogP contribution >= 0.6 is 0 Å². The fraction of sp³-hybridized carbons (Fsp3) is 0.318. The van der Waals surface area contributed by atoms with E-state index in [4.69, 9.17) is 9.47 Å². The van der Waals surface area contributed by atoms with Gasteiger partial charge in [-0.1, -0.05) is 30.3 Å². The highest BCUT2D eigenvalue weighted by molar-refractivity contribution is 6.01. The summed E-state index contributed by atoms with van der Waals surface area (Å²) in [4.78, 5) is 39.3. The Morgan fingerprint density at radius 1 is 1.07 bits per heavy atom. The van der Waals surface area contributed by atoms with E-state index in [0.29, 0.717) is 16.9 Å². The van der Waals surface area contributed by atoms with E-state index in [2.05, 4.69) is 5.32 Å². The minimum atomic E-state index is -1.06. The number of amides is 2. The van der Waals surface area contributed by atoms with Gasteiger partial charge in [0.25, 0.3) is 5.91 Å². The van der Waals surface area contributed by atoms with Gasteiger partial charge in [-0.05, 0) is 36.8 Å². The van der Waals surface area contributed by atoms with E-state index in [9.17, 15) is 19.5 Å². The number of hydrogen-bond donors (Lipinski definition) is 2. The van der Waals surface area contributed by atoms with E-state index < -0.39 is 42.0 Å². The lowest BCUT2D eigenvalue weighted by atomic mass is 9.86. The Kier molecular flexibility index (Phi) is 6.37. The number of likely N-dealkylation sites (tertiary alicyclic amines) is 1. The highest BCUT2D eigenvalue weighted by Gasteiger charge is 2.55. The molecule has 1 fully saturated rings. The topological polar surface area (TPSA) is 105 Å². The number of aliphatic hydroxyl groups excluding tert-OH is 1. The van der Waals surface area contributed by atoms with E-state index in [-0.39, 0.29) is 0 Å². The summed E-state index contributed by atoms with van der Waals surface area (Å²) in [5.41, 5.74) is 0.905. The summed E-state index contributed by atoms with van der Waals surface area (Å²) in [5.74, 6) is -0.959. The monoisotopic (exact) mass is 412 g/mol. The Labute approximate surface area is 174 Å². The summed E-state index contributed by atoms with van der Waals surface area (Å²) >= 11 is 0. The van der Waals surface area contributed by atoms with Gasteiger partial charge in [0.05, 0.1) is 26.4 Å². The lowest BCUT2D eigenvalue weighted by molar-refractivity contribution is -0.173. The first-order chi connectivity index (χ1) is 14.4. The molecule has 0 aromatic heterocycles. The smallest absolute Gasteiger partial charge is 0.333 e. The summed E-state index contributed by atoms with van der Waals surface area (Å²) in [6, 6.07) is 12.3. The summed E-state index contributed by atoms with van der Waals surface area (Å²) in [6.45, 7) is 1.51. The average Bonchev–Trinajstić information content (AvgIpc) is 2.77. The van der Waals surface area contributed by atoms with Crippen molar-refractivity contribution in [2.45, 2.75) is 31.2 Å². The maximum atomic E-state index is 13.0. The van der Waals surface area contributed by atoms with Crippen LogP contribution in [0.4, 0.5) is 0 Å². The van der Waals surface area contributed by atoms with Crippen LogP contribution in [-0.2, 0) is 14.3 Å². The molecule has 3 rings (SSSR count). The quantitative estimate of drug-likeness (QED) is 0.525. The Morgan fingerprint density at radius 2 is 1.70 bits per heavy atom. The van der Waals surface area contributed by atoms with Crippen molar-refractivity contribution in [1.82, 2.24) is 10.2 Å². The van der Waals surface area contributed by atoms with Crippen molar-refractivity contribution in [3.63, 3.8) is 0 Å². The molecule has 0 bridgehead atoms. The second kappa shape index (κ2) is 8.96. The fourth-order valence-corrected chi connectivity index (χ4v) is 3.61. The van der Waals surface area contributed by atoms with E-state index in [0.717, 1.165) is 0 Å². The van der Waals surface area contributed by atoms with E-state index in [1.54, 1.807) is 54.6 Å². The van der Waals surface area contributed by atoms with E-state index >= 15 is 0 Å². The van der Waals surface area contributed by atoms with Gasteiger partial charge in [0.15, 0.2) is 6.04 Å². The lowest BCUT2D eigenvalue weighted by Gasteiger charge is -2.51. The normalized spacial score (nSPS) is 20.0. The number of carbonyl (C=O) groups is 3. The van der Waals surface area contributed by atoms with Crippen LogP contribution in [-0.4, -0.2) is 60.2 Å². The molecule has 0 radical (unpaired) electrons. The van der Waals surface area contributed by atoms with Crippen molar-refractivity contribution in [2.75, 3.05) is 14.2 Å². The van der Waals surface area contributed by atoms with Gasteiger partial charge >= 0.3 is 5.97 Å². The summed E-state index contributed by atoms with van der Waals surface area (Å²) < 4.78 is 10.0. The van der Waals surface area contributed by atoms with Gasteiger partial charge in [-0.25, -0.2) is 4.79 Å². The number of ether oxygens (including phenoxy) is 2. The van der Waals surface area contributed by atoms with Crippen molar-refractivity contribution in [2.24, 2.45) is 0 Å². The van der Waals surface area contributed by atoms with Gasteiger partial charge in [0, 0.05) is 5.56 Å². The zero-order valence-electron chi connectivity index (χ0n) is 16.9. The predicted octanol–water partition coefficient (Wildman–Crippen LogP) is 1.30. The fourth-order valence-electron chi connectivity index (χ4n) is 3.61. The Balaban J connectivity index is 1.87. The van der Waals surface area contributed by atoms with Gasteiger partial charge in [0.1, 0.15) is 11.8 Å². The van der Waals surface area contributed by atoms with Gasteiger partial charge in [0.2, 0.25) is 5.91 Å². The molecule has 8 heteroatoms. The largest absolute Gasteiger partial charge is 0.497 e. The summed E-state index contributed by atoms with van der Waals surface area (Å²) in [6.07, 6.45) is -0.992. The molecule has 0 spiro atoms. The van der Waals surface area contributed by atoms with Gasteiger partial charge in [-0.15, -0.1) is 0 Å². The second-order valence-electron chi connectivity index (χ2n) is 6.99. The minimum Gasteiger partial charge on any atom is -0.497 e. The van der Waals surface area contributed by atoms with Crippen LogP contribution in [0, 0.1) is 0 Å². The van der Waals surface area contributed by atoms with Crippen LogP contribution in [0.15, 0.2) is 54.6 Å². The average molecular weight is 412 g/mol. The highest BCUT2D eigenvalue weighted by atomic mass is 16.5. The standard InChI is InChI=1S/C22H24N2O6/c1-13(25)18-17(23-20(26)15-7-5-4-6-8-15)21(27)24(18)19(22(28)30-3)14-9-11-16(29-2)12-10-14/h4-13,17-19,25H,1-3H3,(H,23,26). The Morgan fingerprint density at radius 3 is 2.23 bits per heavy atom. The minimum absolute atomic E-state index is 0.396. The third-order valence-corrected chi connectivity index (χ3v) is 5.13. The van der Waals surface area contributed by atoms with Gasteiger partial charge in [-0.2, -0.15) is 0 Å². The van der Waals surface area contributed by atoms with Crippen LogP contribution in [0.2, 0.25) is 0 Å². The predicted molar refractivity (Wildman–Crippen MR) is 108 cm³/mol. The Hall–Kier alpha value is -3.39. The molecule has 4 unspecified atom stereocenters. The number of esters is 1. The molecule has 2 aromatic rings. The molecular weight excluding hydrogens is 388 g/mol. The SMILES string of the molecule is COC(=O)C(c1ccc(OC)cc1)N1C(=O)C(NC(=O)c2ccccc2)C1C(C)O. The molecule has 4 atom stereocenters. The number of hydrogen-bond acceptors (Lipinski definition) is 6. The second-order valence-corrected chi connectivity index (χ2v) is 6.99. The summed E-state index contributed by atoms with van der Waals surface area (Å²) in [5, 5.41) is 13.0. The van der Waals surface area contributed by atoms with Crippen molar-refractivity contribution in [3.8, 4) is 5.75 Å². The number of β-lactam (4-membered cyclic amide) rings is 1. The number of nitrogens with zero attached hydrogens (tertiary/aromatic N) is 1. The van der Waals surface area contributed by atoms with Crippen LogP contribution in [0.3, 0.4) is 0 Å². The number of methoxy groups -OCH3 is 2. The molecule has 2 amide bonds. The maximum absolute atomic E-state index is 13.0. The molecule has 158 valence electrons. The number of carbonyl (C=O) groups excluding carboxylic acids is 3. The first-order valence-electron chi connectivity index (χ1n) is 9.47.